The first kappa shape index (κ1) is 16.3. The van der Waals surface area contributed by atoms with Crippen LogP contribution in [0.2, 0.25) is 0 Å². The van der Waals surface area contributed by atoms with Crippen LogP contribution < -0.4 is 10.1 Å². The van der Waals surface area contributed by atoms with Crippen molar-refractivity contribution in [2.24, 2.45) is 0 Å². The number of hydrogen-bond donors (Lipinski definition) is 2. The first-order chi connectivity index (χ1) is 10.6. The Labute approximate surface area is 129 Å². The summed E-state index contributed by atoms with van der Waals surface area (Å²) in [4.78, 5) is 12.8. The Morgan fingerprint density at radius 1 is 1.55 bits per heavy atom. The van der Waals surface area contributed by atoms with E-state index >= 15 is 0 Å². The van der Waals surface area contributed by atoms with E-state index in [0.29, 0.717) is 6.42 Å². The van der Waals surface area contributed by atoms with Crippen LogP contribution in [0.1, 0.15) is 18.0 Å². The van der Waals surface area contributed by atoms with E-state index in [9.17, 15) is 15.2 Å². The maximum absolute atomic E-state index is 11.1. The lowest BCUT2D eigenvalue weighted by Crippen LogP contribution is -2.45. The molecule has 120 valence electrons. The first-order valence-corrected chi connectivity index (χ1v) is 7.19. The zero-order valence-corrected chi connectivity index (χ0v) is 12.6. The summed E-state index contributed by atoms with van der Waals surface area (Å²) in [7, 11) is 1.38. The molecule has 0 amide bonds. The van der Waals surface area contributed by atoms with E-state index in [2.05, 4.69) is 16.8 Å². The number of benzene rings is 1. The van der Waals surface area contributed by atoms with E-state index in [1.165, 1.54) is 13.2 Å². The molecule has 0 spiro atoms. The van der Waals surface area contributed by atoms with Gasteiger partial charge in [-0.3, -0.25) is 15.0 Å². The number of methoxy groups -OCH3 is 1. The predicted octanol–water partition coefficient (Wildman–Crippen LogP) is 1.83. The molecule has 0 bridgehead atoms. The van der Waals surface area contributed by atoms with Crippen LogP contribution in [0.25, 0.3) is 0 Å². The minimum atomic E-state index is -0.593. The Balaban J connectivity index is 2.43. The van der Waals surface area contributed by atoms with Crippen molar-refractivity contribution in [2.45, 2.75) is 12.5 Å². The predicted molar refractivity (Wildman–Crippen MR) is 83.3 cm³/mol. The maximum Gasteiger partial charge on any atom is 0.314 e. The molecule has 1 saturated heterocycles. The third-order valence-electron chi connectivity index (χ3n) is 3.86. The molecule has 2 rings (SSSR count). The summed E-state index contributed by atoms with van der Waals surface area (Å²) in [6.45, 7) is 7.25. The third kappa shape index (κ3) is 3.37. The highest BCUT2D eigenvalue weighted by Crippen LogP contribution is 2.40. The van der Waals surface area contributed by atoms with E-state index < -0.39 is 10.7 Å². The van der Waals surface area contributed by atoms with Crippen molar-refractivity contribution in [2.75, 3.05) is 33.3 Å². The molecular formula is C15H21N3O4. The number of nitro benzene ring substituents is 1. The second-order valence-corrected chi connectivity index (χ2v) is 5.17. The topological polar surface area (TPSA) is 87.9 Å². The van der Waals surface area contributed by atoms with Crippen LogP contribution in [0.4, 0.5) is 5.69 Å². The molecule has 0 aromatic heterocycles. The van der Waals surface area contributed by atoms with Gasteiger partial charge in [0, 0.05) is 38.3 Å². The van der Waals surface area contributed by atoms with Gasteiger partial charge in [-0.25, -0.2) is 0 Å². The standard InChI is InChI=1S/C15H21N3O4/c1-3-4-12(17-7-5-16-6-8-17)11-9-13(18(20)21)15(19)14(10-11)22-2/h3,9-10,12,16,19H,1,4-8H2,2H3/t12-/m0/s1. The van der Waals surface area contributed by atoms with Crippen LogP contribution in [-0.4, -0.2) is 48.2 Å². The molecule has 2 N–H and O–H groups in total. The van der Waals surface area contributed by atoms with Gasteiger partial charge in [-0.15, -0.1) is 6.58 Å². The third-order valence-corrected chi connectivity index (χ3v) is 3.86. The van der Waals surface area contributed by atoms with Crippen molar-refractivity contribution in [3.63, 3.8) is 0 Å². The maximum atomic E-state index is 11.1. The van der Waals surface area contributed by atoms with Gasteiger partial charge in [-0.2, -0.15) is 0 Å². The zero-order valence-electron chi connectivity index (χ0n) is 12.6. The molecule has 7 nitrogen and oxygen atoms in total. The second-order valence-electron chi connectivity index (χ2n) is 5.17. The number of nitrogens with one attached hydrogen (secondary N) is 1. The van der Waals surface area contributed by atoms with E-state index in [-0.39, 0.29) is 17.5 Å². The van der Waals surface area contributed by atoms with Crippen molar-refractivity contribution < 1.29 is 14.8 Å². The fraction of sp³-hybridized carbons (Fsp3) is 0.467. The van der Waals surface area contributed by atoms with Gasteiger partial charge < -0.3 is 15.2 Å². The Bertz CT molecular complexity index is 556. The van der Waals surface area contributed by atoms with Gasteiger partial charge in [0.05, 0.1) is 12.0 Å². The molecule has 1 atom stereocenters. The summed E-state index contributed by atoms with van der Waals surface area (Å²) in [6.07, 6.45) is 2.48. The van der Waals surface area contributed by atoms with Gasteiger partial charge in [0.25, 0.3) is 0 Å². The van der Waals surface area contributed by atoms with E-state index in [1.54, 1.807) is 12.1 Å². The fourth-order valence-corrected chi connectivity index (χ4v) is 2.75. The van der Waals surface area contributed by atoms with Gasteiger partial charge in [-0.05, 0) is 18.1 Å². The summed E-state index contributed by atoms with van der Waals surface area (Å²) < 4.78 is 5.08. The number of hydrogen-bond acceptors (Lipinski definition) is 6. The highest BCUT2D eigenvalue weighted by molar-refractivity contribution is 5.57. The average molecular weight is 307 g/mol. The number of piperazine rings is 1. The number of nitro groups is 1. The van der Waals surface area contributed by atoms with Gasteiger partial charge in [-0.1, -0.05) is 6.08 Å². The smallest absolute Gasteiger partial charge is 0.314 e. The van der Waals surface area contributed by atoms with E-state index in [0.717, 1.165) is 31.7 Å². The Morgan fingerprint density at radius 2 is 2.23 bits per heavy atom. The highest BCUT2D eigenvalue weighted by Gasteiger charge is 2.26. The zero-order chi connectivity index (χ0) is 16.1. The lowest BCUT2D eigenvalue weighted by atomic mass is 9.99. The molecule has 0 radical (unpaired) electrons. The number of aromatic hydroxyl groups is 1. The molecule has 1 aromatic carbocycles. The molecule has 0 unspecified atom stereocenters. The van der Waals surface area contributed by atoms with Gasteiger partial charge in [0.2, 0.25) is 5.75 Å². The van der Waals surface area contributed by atoms with Crippen molar-refractivity contribution in [3.8, 4) is 11.5 Å². The molecule has 1 fully saturated rings. The number of phenolic OH excluding ortho intramolecular Hbond substituents is 1. The van der Waals surface area contributed by atoms with Crippen LogP contribution in [0.3, 0.4) is 0 Å². The molecule has 1 aliphatic rings. The van der Waals surface area contributed by atoms with Gasteiger partial charge in [0.1, 0.15) is 0 Å². The van der Waals surface area contributed by atoms with E-state index in [1.807, 2.05) is 0 Å². The molecule has 0 aliphatic carbocycles. The number of nitrogens with zero attached hydrogens (tertiary/aromatic N) is 2. The van der Waals surface area contributed by atoms with Crippen molar-refractivity contribution in [1.29, 1.82) is 0 Å². The quantitative estimate of drug-likeness (QED) is 0.473. The second kappa shape index (κ2) is 7.24. The lowest BCUT2D eigenvalue weighted by Gasteiger charge is -2.34. The average Bonchev–Trinajstić information content (AvgIpc) is 2.53. The van der Waals surface area contributed by atoms with Gasteiger partial charge >= 0.3 is 5.69 Å². The number of rotatable bonds is 6. The lowest BCUT2D eigenvalue weighted by molar-refractivity contribution is -0.386. The molecule has 1 heterocycles. The summed E-state index contributed by atoms with van der Waals surface area (Å²) in [5, 5.41) is 24.3. The number of ether oxygens (including phenoxy) is 1. The summed E-state index contributed by atoms with van der Waals surface area (Å²) >= 11 is 0. The largest absolute Gasteiger partial charge is 0.500 e. The summed E-state index contributed by atoms with van der Waals surface area (Å²) in [5.41, 5.74) is 0.418. The minimum Gasteiger partial charge on any atom is -0.500 e. The molecule has 0 saturated carbocycles. The van der Waals surface area contributed by atoms with Crippen LogP contribution in [0.15, 0.2) is 24.8 Å². The Kier molecular flexibility index (Phi) is 5.35. The Hall–Kier alpha value is -2.12. The fourth-order valence-electron chi connectivity index (χ4n) is 2.75. The molecule has 22 heavy (non-hydrogen) atoms. The number of phenols is 1. The minimum absolute atomic E-state index is 0.0206. The Morgan fingerprint density at radius 3 is 2.77 bits per heavy atom. The molecule has 1 aromatic rings. The van der Waals surface area contributed by atoms with Crippen LogP contribution >= 0.6 is 0 Å². The molecular weight excluding hydrogens is 286 g/mol. The highest BCUT2D eigenvalue weighted by atomic mass is 16.6. The van der Waals surface area contributed by atoms with E-state index in [4.69, 9.17) is 4.74 Å². The SMILES string of the molecule is C=CC[C@@H](c1cc(OC)c(O)c([N+](=O)[O-])c1)N1CCNCC1. The molecule has 7 heteroatoms. The van der Waals surface area contributed by atoms with Crippen molar-refractivity contribution in [3.05, 3.63) is 40.5 Å². The van der Waals surface area contributed by atoms with Crippen LogP contribution in [0.5, 0.6) is 11.5 Å². The van der Waals surface area contributed by atoms with Crippen molar-refractivity contribution >= 4 is 5.69 Å². The van der Waals surface area contributed by atoms with Crippen LogP contribution in [-0.2, 0) is 0 Å². The summed E-state index contributed by atoms with van der Waals surface area (Å²) in [5.74, 6) is -0.317. The molecule has 1 aliphatic heterocycles. The summed E-state index contributed by atoms with van der Waals surface area (Å²) in [6, 6.07) is 3.07. The first-order valence-electron chi connectivity index (χ1n) is 7.19. The normalized spacial score (nSPS) is 17.0. The van der Waals surface area contributed by atoms with Crippen molar-refractivity contribution in [1.82, 2.24) is 10.2 Å². The van der Waals surface area contributed by atoms with Crippen LogP contribution in [0, 0.1) is 10.1 Å². The van der Waals surface area contributed by atoms with Gasteiger partial charge in [0.15, 0.2) is 5.75 Å². The monoisotopic (exact) mass is 307 g/mol.